The van der Waals surface area contributed by atoms with Crippen molar-refractivity contribution in [1.82, 2.24) is 0 Å². The second-order valence-corrected chi connectivity index (χ2v) is 21.0. The number of esters is 3. The average Bonchev–Trinajstić information content (AvgIpc) is 3.35. The van der Waals surface area contributed by atoms with E-state index in [1.54, 1.807) is 0 Å². The molecule has 0 aromatic rings. The standard InChI is InChI=1S/C63H118O6/c1-4-7-10-13-16-19-22-24-26-28-30-31-33-34-36-38-41-44-47-50-53-56-62(65)68-59-60(58-67-61(64)55-52-49-46-43-40-21-18-15-12-9-6-3)69-63(66)57-54-51-48-45-42-39-37-35-32-29-27-25-23-20-17-14-11-8-5-2/h24-27,60H,4-23,28-59H2,1-3H3/b26-24-,27-25-/t60-/m0/s1. The number of hydrogen-bond acceptors (Lipinski definition) is 6. The smallest absolute Gasteiger partial charge is 0.306 e. The van der Waals surface area contributed by atoms with Crippen LogP contribution in [-0.4, -0.2) is 37.2 Å². The van der Waals surface area contributed by atoms with Gasteiger partial charge in [-0.2, -0.15) is 0 Å². The SMILES string of the molecule is CCCCCCCC/C=C\CCCCCCCCCCCCCC(=O)OC[C@H](COC(=O)CCCCCCCCCCCCC)OC(=O)CCCCCCCCCCC/C=C\CCCCCCCC. The summed E-state index contributed by atoms with van der Waals surface area (Å²) in [7, 11) is 0. The Morgan fingerprint density at radius 3 is 0.725 bits per heavy atom. The minimum absolute atomic E-state index is 0.0674. The highest BCUT2D eigenvalue weighted by atomic mass is 16.6. The lowest BCUT2D eigenvalue weighted by molar-refractivity contribution is -0.167. The molecule has 0 amide bonds. The van der Waals surface area contributed by atoms with Crippen molar-refractivity contribution in [3.63, 3.8) is 0 Å². The summed E-state index contributed by atoms with van der Waals surface area (Å²) < 4.78 is 16.9. The lowest BCUT2D eigenvalue weighted by Crippen LogP contribution is -2.30. The molecule has 0 saturated carbocycles. The van der Waals surface area contributed by atoms with E-state index in [2.05, 4.69) is 45.1 Å². The molecule has 0 saturated heterocycles. The number of carbonyl (C=O) groups excluding carboxylic acids is 3. The Bertz CT molecular complexity index is 1110. The third-order valence-electron chi connectivity index (χ3n) is 13.9. The van der Waals surface area contributed by atoms with E-state index in [0.29, 0.717) is 19.3 Å². The summed E-state index contributed by atoms with van der Waals surface area (Å²) in [6.45, 7) is 6.68. The fraction of sp³-hybridized carbons (Fsp3) is 0.889. The molecule has 0 aliphatic heterocycles. The van der Waals surface area contributed by atoms with Crippen molar-refractivity contribution >= 4 is 17.9 Å². The number of rotatable bonds is 57. The van der Waals surface area contributed by atoms with E-state index in [1.165, 1.54) is 244 Å². The number of hydrogen-bond donors (Lipinski definition) is 0. The normalized spacial score (nSPS) is 12.1. The van der Waals surface area contributed by atoms with Crippen LogP contribution in [0.15, 0.2) is 24.3 Å². The lowest BCUT2D eigenvalue weighted by atomic mass is 10.0. The molecule has 6 nitrogen and oxygen atoms in total. The monoisotopic (exact) mass is 971 g/mol. The predicted octanol–water partition coefficient (Wildman–Crippen LogP) is 20.7. The molecular formula is C63H118O6. The second-order valence-electron chi connectivity index (χ2n) is 21.0. The first-order valence-electron chi connectivity index (χ1n) is 30.8. The zero-order chi connectivity index (χ0) is 50.0. The number of allylic oxidation sites excluding steroid dienone is 4. The van der Waals surface area contributed by atoms with Crippen LogP contribution in [-0.2, 0) is 28.6 Å². The lowest BCUT2D eigenvalue weighted by Gasteiger charge is -2.18. The van der Waals surface area contributed by atoms with Gasteiger partial charge in [0.15, 0.2) is 6.10 Å². The molecule has 0 heterocycles. The topological polar surface area (TPSA) is 78.9 Å². The zero-order valence-corrected chi connectivity index (χ0v) is 46.6. The van der Waals surface area contributed by atoms with Gasteiger partial charge in [-0.15, -0.1) is 0 Å². The molecule has 0 radical (unpaired) electrons. The van der Waals surface area contributed by atoms with Gasteiger partial charge in [0.05, 0.1) is 0 Å². The van der Waals surface area contributed by atoms with Crippen LogP contribution in [0.25, 0.3) is 0 Å². The minimum atomic E-state index is -0.768. The molecule has 0 N–H and O–H groups in total. The van der Waals surface area contributed by atoms with Crippen molar-refractivity contribution < 1.29 is 28.6 Å². The first-order valence-corrected chi connectivity index (χ1v) is 30.8. The van der Waals surface area contributed by atoms with Crippen LogP contribution in [0.1, 0.15) is 342 Å². The van der Waals surface area contributed by atoms with Crippen molar-refractivity contribution in [2.75, 3.05) is 13.2 Å². The Morgan fingerprint density at radius 1 is 0.275 bits per heavy atom. The molecule has 0 aromatic carbocycles. The highest BCUT2D eigenvalue weighted by molar-refractivity contribution is 5.71. The summed E-state index contributed by atoms with van der Waals surface area (Å²) >= 11 is 0. The molecule has 69 heavy (non-hydrogen) atoms. The van der Waals surface area contributed by atoms with Gasteiger partial charge in [-0.05, 0) is 70.6 Å². The van der Waals surface area contributed by atoms with Crippen LogP contribution in [0.5, 0.6) is 0 Å². The molecule has 0 bridgehead atoms. The Balaban J connectivity index is 4.25. The van der Waals surface area contributed by atoms with E-state index in [4.69, 9.17) is 14.2 Å². The first-order chi connectivity index (χ1) is 34.0. The molecule has 0 spiro atoms. The number of ether oxygens (including phenoxy) is 3. The van der Waals surface area contributed by atoms with Crippen molar-refractivity contribution in [2.45, 2.75) is 348 Å². The third kappa shape index (κ3) is 56.7. The summed E-state index contributed by atoms with van der Waals surface area (Å²) in [5.74, 6) is -0.848. The summed E-state index contributed by atoms with van der Waals surface area (Å²) in [6, 6.07) is 0. The van der Waals surface area contributed by atoms with E-state index in [1.807, 2.05) is 0 Å². The molecule has 0 fully saturated rings. The quantitative estimate of drug-likeness (QED) is 0.0261. The van der Waals surface area contributed by atoms with E-state index in [-0.39, 0.29) is 31.1 Å². The molecule has 0 aliphatic rings. The average molecular weight is 972 g/mol. The summed E-state index contributed by atoms with van der Waals surface area (Å²) in [4.78, 5) is 38.2. The van der Waals surface area contributed by atoms with Crippen LogP contribution in [0.4, 0.5) is 0 Å². The Labute approximate surface area is 430 Å². The maximum atomic E-state index is 12.9. The van der Waals surface area contributed by atoms with Crippen molar-refractivity contribution in [1.29, 1.82) is 0 Å². The van der Waals surface area contributed by atoms with Gasteiger partial charge >= 0.3 is 17.9 Å². The summed E-state index contributed by atoms with van der Waals surface area (Å²) in [5, 5.41) is 0. The van der Waals surface area contributed by atoms with Gasteiger partial charge in [0, 0.05) is 19.3 Å². The van der Waals surface area contributed by atoms with Crippen LogP contribution >= 0.6 is 0 Å². The van der Waals surface area contributed by atoms with E-state index in [0.717, 1.165) is 57.8 Å². The third-order valence-corrected chi connectivity index (χ3v) is 13.9. The Kier molecular flexibility index (Phi) is 56.7. The van der Waals surface area contributed by atoms with Gasteiger partial charge in [-0.1, -0.05) is 276 Å². The molecule has 1 atom stereocenters. The molecule has 406 valence electrons. The Hall–Kier alpha value is -2.11. The van der Waals surface area contributed by atoms with Gasteiger partial charge in [0.2, 0.25) is 0 Å². The molecule has 6 heteroatoms. The summed E-state index contributed by atoms with van der Waals surface area (Å²) in [6.07, 6.45) is 68.9. The van der Waals surface area contributed by atoms with Crippen molar-refractivity contribution in [3.8, 4) is 0 Å². The number of carbonyl (C=O) groups is 3. The molecule has 0 unspecified atom stereocenters. The first kappa shape index (κ1) is 66.9. The van der Waals surface area contributed by atoms with Crippen molar-refractivity contribution in [2.24, 2.45) is 0 Å². The van der Waals surface area contributed by atoms with E-state index < -0.39 is 6.10 Å². The second kappa shape index (κ2) is 58.5. The number of unbranched alkanes of at least 4 members (excludes halogenated alkanes) is 42. The fourth-order valence-corrected chi connectivity index (χ4v) is 9.26. The summed E-state index contributed by atoms with van der Waals surface area (Å²) in [5.41, 5.74) is 0. The Morgan fingerprint density at radius 2 is 0.478 bits per heavy atom. The van der Waals surface area contributed by atoms with Gasteiger partial charge < -0.3 is 14.2 Å². The maximum Gasteiger partial charge on any atom is 0.306 e. The van der Waals surface area contributed by atoms with Crippen LogP contribution in [0.2, 0.25) is 0 Å². The largest absolute Gasteiger partial charge is 0.462 e. The minimum Gasteiger partial charge on any atom is -0.462 e. The molecule has 0 rings (SSSR count). The van der Waals surface area contributed by atoms with E-state index in [9.17, 15) is 14.4 Å². The van der Waals surface area contributed by atoms with Gasteiger partial charge in [-0.3, -0.25) is 14.4 Å². The van der Waals surface area contributed by atoms with Crippen LogP contribution in [0.3, 0.4) is 0 Å². The van der Waals surface area contributed by atoms with Crippen LogP contribution in [0, 0.1) is 0 Å². The van der Waals surface area contributed by atoms with Crippen LogP contribution < -0.4 is 0 Å². The van der Waals surface area contributed by atoms with Gasteiger partial charge in [0.1, 0.15) is 13.2 Å². The maximum absolute atomic E-state index is 12.9. The highest BCUT2D eigenvalue weighted by Gasteiger charge is 2.19. The van der Waals surface area contributed by atoms with Gasteiger partial charge in [-0.25, -0.2) is 0 Å². The highest BCUT2D eigenvalue weighted by Crippen LogP contribution is 2.17. The predicted molar refractivity (Wildman–Crippen MR) is 298 cm³/mol. The molecular weight excluding hydrogens is 853 g/mol. The molecule has 0 aliphatic carbocycles. The van der Waals surface area contributed by atoms with Crippen molar-refractivity contribution in [3.05, 3.63) is 24.3 Å². The van der Waals surface area contributed by atoms with E-state index >= 15 is 0 Å². The zero-order valence-electron chi connectivity index (χ0n) is 46.6. The molecule has 0 aromatic heterocycles. The van der Waals surface area contributed by atoms with Gasteiger partial charge in [0.25, 0.3) is 0 Å². The fourth-order valence-electron chi connectivity index (χ4n) is 9.26.